The quantitative estimate of drug-likeness (QED) is 0.766. The zero-order chi connectivity index (χ0) is 14.7. The van der Waals surface area contributed by atoms with Gasteiger partial charge in [-0.3, -0.25) is 15.6 Å². The van der Waals surface area contributed by atoms with E-state index in [4.69, 9.17) is 0 Å². The number of hydrazine groups is 1. The number of anilines is 1. The van der Waals surface area contributed by atoms with Gasteiger partial charge < -0.3 is 10.2 Å². The zero-order valence-electron chi connectivity index (χ0n) is 11.9. The van der Waals surface area contributed by atoms with Gasteiger partial charge in [-0.1, -0.05) is 15.9 Å². The first kappa shape index (κ1) is 14.8. The van der Waals surface area contributed by atoms with Crippen molar-refractivity contribution in [3.8, 4) is 0 Å². The van der Waals surface area contributed by atoms with E-state index in [9.17, 15) is 4.79 Å². The van der Waals surface area contributed by atoms with Crippen LogP contribution in [0.5, 0.6) is 0 Å². The highest BCUT2D eigenvalue weighted by molar-refractivity contribution is 9.10. The maximum absolute atomic E-state index is 12.0. The second-order valence-corrected chi connectivity index (χ2v) is 6.65. The standard InChI is InChI=1S/C15H21BrN4O/c16-11-1-3-14(4-2-11)20-8-6-13(10-20)18-15(21)9-12-5-7-17-19-12/h1-4,12-13,17,19H,5-10H2,(H,18,21). The van der Waals surface area contributed by atoms with Gasteiger partial charge in [-0.05, 0) is 37.1 Å². The number of hydrogen-bond acceptors (Lipinski definition) is 4. The second-order valence-electron chi connectivity index (χ2n) is 5.74. The Bertz CT molecular complexity index is 487. The summed E-state index contributed by atoms with van der Waals surface area (Å²) < 4.78 is 1.09. The van der Waals surface area contributed by atoms with Crippen LogP contribution < -0.4 is 21.1 Å². The third-order valence-electron chi connectivity index (χ3n) is 4.10. The molecule has 0 radical (unpaired) electrons. The van der Waals surface area contributed by atoms with Crippen LogP contribution in [0.4, 0.5) is 5.69 Å². The Morgan fingerprint density at radius 1 is 1.33 bits per heavy atom. The number of nitrogens with zero attached hydrogens (tertiary/aromatic N) is 1. The fourth-order valence-electron chi connectivity index (χ4n) is 2.96. The minimum absolute atomic E-state index is 0.152. The molecule has 1 aromatic carbocycles. The largest absolute Gasteiger partial charge is 0.369 e. The number of nitrogens with one attached hydrogen (secondary N) is 3. The minimum atomic E-state index is 0.152. The highest BCUT2D eigenvalue weighted by Crippen LogP contribution is 2.22. The third kappa shape index (κ3) is 3.96. The summed E-state index contributed by atoms with van der Waals surface area (Å²) in [7, 11) is 0. The Hall–Kier alpha value is -1.11. The predicted molar refractivity (Wildman–Crippen MR) is 87.1 cm³/mol. The summed E-state index contributed by atoms with van der Waals surface area (Å²) >= 11 is 3.45. The van der Waals surface area contributed by atoms with Crippen LogP contribution in [0.1, 0.15) is 19.3 Å². The molecule has 1 aromatic rings. The number of halogens is 1. The SMILES string of the molecule is O=C(CC1CCNN1)NC1CCN(c2ccc(Br)cc2)C1. The first-order chi connectivity index (χ1) is 10.2. The number of amides is 1. The lowest BCUT2D eigenvalue weighted by atomic mass is 10.1. The number of carbonyl (C=O) groups is 1. The first-order valence-corrected chi connectivity index (χ1v) is 8.28. The van der Waals surface area contributed by atoms with Gasteiger partial charge in [0, 0.05) is 48.3 Å². The zero-order valence-corrected chi connectivity index (χ0v) is 13.5. The lowest BCUT2D eigenvalue weighted by molar-refractivity contribution is -0.122. The molecule has 3 N–H and O–H groups in total. The average Bonchev–Trinajstić information content (AvgIpc) is 3.11. The summed E-state index contributed by atoms with van der Waals surface area (Å²) in [6.45, 7) is 2.83. The van der Waals surface area contributed by atoms with Crippen molar-refractivity contribution >= 4 is 27.5 Å². The molecule has 0 bridgehead atoms. The summed E-state index contributed by atoms with van der Waals surface area (Å²) in [6.07, 6.45) is 2.59. The molecule has 2 fully saturated rings. The van der Waals surface area contributed by atoms with Crippen molar-refractivity contribution in [1.29, 1.82) is 0 Å². The lowest BCUT2D eigenvalue weighted by Crippen LogP contribution is -2.40. The molecule has 2 aliphatic rings. The second kappa shape index (κ2) is 6.77. The molecule has 0 spiro atoms. The van der Waals surface area contributed by atoms with Crippen molar-refractivity contribution in [3.63, 3.8) is 0 Å². The van der Waals surface area contributed by atoms with Crippen LogP contribution in [0.25, 0.3) is 0 Å². The van der Waals surface area contributed by atoms with Crippen LogP contribution in [0.2, 0.25) is 0 Å². The van der Waals surface area contributed by atoms with E-state index in [-0.39, 0.29) is 18.0 Å². The average molecular weight is 353 g/mol. The van der Waals surface area contributed by atoms with E-state index >= 15 is 0 Å². The van der Waals surface area contributed by atoms with Gasteiger partial charge in [0.05, 0.1) is 0 Å². The fraction of sp³-hybridized carbons (Fsp3) is 0.533. The van der Waals surface area contributed by atoms with Gasteiger partial charge in [0.25, 0.3) is 0 Å². The van der Waals surface area contributed by atoms with E-state index in [2.05, 4.69) is 61.3 Å². The summed E-state index contributed by atoms with van der Waals surface area (Å²) in [5.74, 6) is 0.152. The van der Waals surface area contributed by atoms with Crippen LogP contribution in [0.3, 0.4) is 0 Å². The molecule has 2 aliphatic heterocycles. The Labute approximate surface area is 133 Å². The molecule has 21 heavy (non-hydrogen) atoms. The maximum atomic E-state index is 12.0. The van der Waals surface area contributed by atoms with Crippen LogP contribution in [-0.4, -0.2) is 37.6 Å². The Morgan fingerprint density at radius 3 is 2.86 bits per heavy atom. The summed E-state index contributed by atoms with van der Waals surface area (Å²) in [6, 6.07) is 8.87. The predicted octanol–water partition coefficient (Wildman–Crippen LogP) is 1.40. The van der Waals surface area contributed by atoms with Crippen LogP contribution >= 0.6 is 15.9 Å². The van der Waals surface area contributed by atoms with E-state index in [1.807, 2.05) is 0 Å². The normalized spacial score (nSPS) is 25.3. The molecule has 2 saturated heterocycles. The molecule has 3 rings (SSSR count). The van der Waals surface area contributed by atoms with Gasteiger partial charge in [-0.15, -0.1) is 0 Å². The van der Waals surface area contributed by atoms with Gasteiger partial charge in [-0.25, -0.2) is 0 Å². The molecular formula is C15H21BrN4O. The third-order valence-corrected chi connectivity index (χ3v) is 4.63. The van der Waals surface area contributed by atoms with Crippen LogP contribution in [-0.2, 0) is 4.79 Å². The van der Waals surface area contributed by atoms with Gasteiger partial charge in [0.2, 0.25) is 5.91 Å². The van der Waals surface area contributed by atoms with Gasteiger partial charge in [-0.2, -0.15) is 0 Å². The molecule has 6 heteroatoms. The molecule has 0 aliphatic carbocycles. The van der Waals surface area contributed by atoms with E-state index in [1.165, 1.54) is 5.69 Å². The summed E-state index contributed by atoms with van der Waals surface area (Å²) in [5.41, 5.74) is 7.41. The van der Waals surface area contributed by atoms with Crippen molar-refractivity contribution in [2.45, 2.75) is 31.3 Å². The first-order valence-electron chi connectivity index (χ1n) is 7.49. The number of rotatable bonds is 4. The maximum Gasteiger partial charge on any atom is 0.221 e. The Kier molecular flexibility index (Phi) is 4.77. The van der Waals surface area contributed by atoms with Crippen LogP contribution in [0, 0.1) is 0 Å². The molecular weight excluding hydrogens is 332 g/mol. The van der Waals surface area contributed by atoms with E-state index < -0.39 is 0 Å². The summed E-state index contributed by atoms with van der Waals surface area (Å²) in [4.78, 5) is 14.4. The van der Waals surface area contributed by atoms with Crippen LogP contribution in [0.15, 0.2) is 28.7 Å². The van der Waals surface area contributed by atoms with Crippen molar-refractivity contribution in [2.24, 2.45) is 0 Å². The molecule has 0 saturated carbocycles. The smallest absolute Gasteiger partial charge is 0.221 e. The minimum Gasteiger partial charge on any atom is -0.369 e. The number of benzene rings is 1. The van der Waals surface area contributed by atoms with Crippen molar-refractivity contribution in [1.82, 2.24) is 16.2 Å². The topological polar surface area (TPSA) is 56.4 Å². The van der Waals surface area contributed by atoms with Gasteiger partial charge in [0.15, 0.2) is 0 Å². The lowest BCUT2D eigenvalue weighted by Gasteiger charge is -2.19. The highest BCUT2D eigenvalue weighted by atomic mass is 79.9. The molecule has 2 unspecified atom stereocenters. The van der Waals surface area contributed by atoms with Crippen molar-refractivity contribution in [3.05, 3.63) is 28.7 Å². The monoisotopic (exact) mass is 352 g/mol. The fourth-order valence-corrected chi connectivity index (χ4v) is 3.23. The molecule has 0 aromatic heterocycles. The molecule has 1 amide bonds. The van der Waals surface area contributed by atoms with Crippen molar-refractivity contribution < 1.29 is 4.79 Å². The number of hydrogen-bond donors (Lipinski definition) is 3. The van der Waals surface area contributed by atoms with E-state index in [1.54, 1.807) is 0 Å². The molecule has 2 atom stereocenters. The van der Waals surface area contributed by atoms with Gasteiger partial charge >= 0.3 is 0 Å². The molecule has 114 valence electrons. The molecule has 2 heterocycles. The van der Waals surface area contributed by atoms with Crippen molar-refractivity contribution in [2.75, 3.05) is 24.5 Å². The number of carbonyl (C=O) groups excluding carboxylic acids is 1. The summed E-state index contributed by atoms with van der Waals surface area (Å²) in [5, 5.41) is 3.16. The highest BCUT2D eigenvalue weighted by Gasteiger charge is 2.25. The molecule has 5 nitrogen and oxygen atoms in total. The Balaban J connectivity index is 1.47. The van der Waals surface area contributed by atoms with Gasteiger partial charge in [0.1, 0.15) is 0 Å². The van der Waals surface area contributed by atoms with E-state index in [0.717, 1.165) is 36.9 Å². The Morgan fingerprint density at radius 2 is 2.14 bits per heavy atom. The van der Waals surface area contributed by atoms with E-state index in [0.29, 0.717) is 6.42 Å².